The highest BCUT2D eigenvalue weighted by atomic mass is 16.6. The summed E-state index contributed by atoms with van der Waals surface area (Å²) in [7, 11) is 0. The van der Waals surface area contributed by atoms with Crippen molar-refractivity contribution in [1.29, 1.82) is 0 Å². The van der Waals surface area contributed by atoms with E-state index in [1.807, 2.05) is 60.7 Å². The van der Waals surface area contributed by atoms with Gasteiger partial charge in [0.05, 0.1) is 13.2 Å². The van der Waals surface area contributed by atoms with Gasteiger partial charge in [0.25, 0.3) is 5.56 Å². The lowest BCUT2D eigenvalue weighted by Crippen LogP contribution is -2.56. The molecule has 10 nitrogen and oxygen atoms in total. The molecule has 36 heavy (non-hydrogen) atoms. The van der Waals surface area contributed by atoms with Crippen molar-refractivity contribution in [2.75, 3.05) is 0 Å². The Kier molecular flexibility index (Phi) is 6.64. The van der Waals surface area contributed by atoms with Crippen LogP contribution in [0.4, 0.5) is 0 Å². The molecule has 2 fully saturated rings. The van der Waals surface area contributed by atoms with E-state index in [-0.39, 0.29) is 18.8 Å². The zero-order chi connectivity index (χ0) is 25.4. The molecule has 1 aromatic heterocycles. The zero-order valence-corrected chi connectivity index (χ0v) is 19.6. The molecule has 3 aromatic rings. The van der Waals surface area contributed by atoms with E-state index >= 15 is 0 Å². The summed E-state index contributed by atoms with van der Waals surface area (Å²) in [6.45, 7) is 1.63. The Hall–Kier alpha value is -3.12. The summed E-state index contributed by atoms with van der Waals surface area (Å²) < 4.78 is 19.3. The molecule has 0 spiro atoms. The van der Waals surface area contributed by atoms with Crippen molar-refractivity contribution in [3.05, 3.63) is 104 Å². The number of aliphatic hydroxyl groups is 3. The third-order valence-corrected chi connectivity index (χ3v) is 6.92. The second kappa shape index (κ2) is 9.74. The SMILES string of the molecule is Cc1cn([C@@H]2O[C@@H]3[C@H](OCc4ccccc4)[C@@H](O)[C@@H](O)[C@]3(OCc3ccccc3)[C@H]2O)c(=O)[nH]c1=O. The zero-order valence-electron chi connectivity index (χ0n) is 19.6. The Balaban J connectivity index is 1.51. The molecule has 1 saturated heterocycles. The molecule has 7 atom stereocenters. The van der Waals surface area contributed by atoms with Crippen LogP contribution in [0.5, 0.6) is 0 Å². The van der Waals surface area contributed by atoms with Gasteiger partial charge in [0.2, 0.25) is 0 Å². The van der Waals surface area contributed by atoms with Gasteiger partial charge in [0, 0.05) is 11.8 Å². The number of H-pyrrole nitrogens is 1. The van der Waals surface area contributed by atoms with E-state index in [9.17, 15) is 24.9 Å². The maximum absolute atomic E-state index is 12.6. The molecule has 0 unspecified atom stereocenters. The van der Waals surface area contributed by atoms with Crippen LogP contribution in [0.15, 0.2) is 76.4 Å². The number of nitrogens with zero attached hydrogens (tertiary/aromatic N) is 1. The lowest BCUT2D eigenvalue weighted by atomic mass is 9.91. The van der Waals surface area contributed by atoms with Crippen molar-refractivity contribution in [3.8, 4) is 0 Å². The summed E-state index contributed by atoms with van der Waals surface area (Å²) in [5.74, 6) is 0. The van der Waals surface area contributed by atoms with Crippen molar-refractivity contribution >= 4 is 0 Å². The third-order valence-electron chi connectivity index (χ3n) is 6.92. The predicted molar refractivity (Wildman–Crippen MR) is 127 cm³/mol. The molecule has 5 rings (SSSR count). The van der Waals surface area contributed by atoms with Crippen molar-refractivity contribution in [2.45, 2.75) is 62.5 Å². The summed E-state index contributed by atoms with van der Waals surface area (Å²) in [4.78, 5) is 26.7. The number of fused-ring (bicyclic) bond motifs is 1. The molecule has 190 valence electrons. The molecule has 2 heterocycles. The Bertz CT molecular complexity index is 1310. The highest BCUT2D eigenvalue weighted by Crippen LogP contribution is 2.50. The fourth-order valence-corrected chi connectivity index (χ4v) is 5.01. The summed E-state index contributed by atoms with van der Waals surface area (Å²) in [5, 5.41) is 33.7. The van der Waals surface area contributed by atoms with E-state index in [1.54, 1.807) is 0 Å². The van der Waals surface area contributed by atoms with E-state index in [2.05, 4.69) is 4.98 Å². The summed E-state index contributed by atoms with van der Waals surface area (Å²) >= 11 is 0. The summed E-state index contributed by atoms with van der Waals surface area (Å²) in [5.41, 5.74) is -1.31. The van der Waals surface area contributed by atoms with Crippen LogP contribution < -0.4 is 11.2 Å². The number of ether oxygens (including phenoxy) is 3. The van der Waals surface area contributed by atoms with E-state index in [4.69, 9.17) is 14.2 Å². The minimum atomic E-state index is -1.81. The Morgan fingerprint density at radius 1 is 0.944 bits per heavy atom. The molecule has 2 aliphatic rings. The second-order valence-electron chi connectivity index (χ2n) is 9.20. The van der Waals surface area contributed by atoms with Gasteiger partial charge >= 0.3 is 5.69 Å². The van der Waals surface area contributed by atoms with Crippen molar-refractivity contribution in [3.63, 3.8) is 0 Å². The van der Waals surface area contributed by atoms with Crippen LogP contribution in [-0.2, 0) is 27.4 Å². The standard InChI is InChI=1S/C26H28N2O8/c1-15-12-28(25(33)27-23(15)32)24-21(31)26(35-14-17-10-6-3-7-11-17)20(30)18(29)19(22(26)36-24)34-13-16-8-4-2-5-9-16/h2-12,18-22,24,29-31H,13-14H2,1H3,(H,27,32,33)/t18-,19-,20-,21+,22-,24-,26+/m1/s1. The summed E-state index contributed by atoms with van der Waals surface area (Å²) in [6.07, 6.45) is -6.83. The topological polar surface area (TPSA) is 143 Å². The Morgan fingerprint density at radius 3 is 2.19 bits per heavy atom. The fraction of sp³-hybridized carbons (Fsp3) is 0.385. The van der Waals surface area contributed by atoms with Crippen LogP contribution in [0.25, 0.3) is 0 Å². The van der Waals surface area contributed by atoms with Crippen molar-refractivity contribution < 1.29 is 29.5 Å². The van der Waals surface area contributed by atoms with Gasteiger partial charge in [-0.2, -0.15) is 0 Å². The molecule has 1 saturated carbocycles. The molecule has 0 radical (unpaired) electrons. The van der Waals surface area contributed by atoms with E-state index in [1.165, 1.54) is 13.1 Å². The second-order valence-corrected chi connectivity index (χ2v) is 9.20. The van der Waals surface area contributed by atoms with E-state index < -0.39 is 53.6 Å². The normalized spacial score (nSPS) is 31.4. The third kappa shape index (κ3) is 4.11. The van der Waals surface area contributed by atoms with Gasteiger partial charge in [-0.25, -0.2) is 4.79 Å². The first-order chi connectivity index (χ1) is 17.3. The van der Waals surface area contributed by atoms with Gasteiger partial charge in [-0.3, -0.25) is 14.3 Å². The summed E-state index contributed by atoms with van der Waals surface area (Å²) in [6, 6.07) is 18.4. The maximum Gasteiger partial charge on any atom is 0.330 e. The number of nitrogens with one attached hydrogen (secondary N) is 1. The predicted octanol–water partition coefficient (Wildman–Crippen LogP) is 0.380. The van der Waals surface area contributed by atoms with E-state index in [0.29, 0.717) is 0 Å². The van der Waals surface area contributed by atoms with Crippen molar-refractivity contribution in [1.82, 2.24) is 9.55 Å². The Morgan fingerprint density at radius 2 is 1.56 bits per heavy atom. The number of hydrogen-bond donors (Lipinski definition) is 4. The number of benzene rings is 2. The number of aryl methyl sites for hydroxylation is 1. The minimum absolute atomic E-state index is 0.000779. The minimum Gasteiger partial charge on any atom is -0.387 e. The largest absolute Gasteiger partial charge is 0.387 e. The molecule has 1 aliphatic carbocycles. The molecule has 4 N–H and O–H groups in total. The lowest BCUT2D eigenvalue weighted by Gasteiger charge is -2.35. The van der Waals surface area contributed by atoms with Crippen LogP contribution in [0, 0.1) is 6.92 Å². The fourth-order valence-electron chi connectivity index (χ4n) is 5.01. The van der Waals surface area contributed by atoms with Gasteiger partial charge < -0.3 is 29.5 Å². The quantitative estimate of drug-likeness (QED) is 0.368. The monoisotopic (exact) mass is 496 g/mol. The van der Waals surface area contributed by atoms with Gasteiger partial charge in [-0.1, -0.05) is 60.7 Å². The van der Waals surface area contributed by atoms with E-state index in [0.717, 1.165) is 15.7 Å². The number of aromatic amines is 1. The number of hydrogen-bond acceptors (Lipinski definition) is 8. The number of rotatable bonds is 7. The van der Waals surface area contributed by atoms with Gasteiger partial charge in [-0.15, -0.1) is 0 Å². The van der Waals surface area contributed by atoms with Crippen molar-refractivity contribution in [2.24, 2.45) is 0 Å². The highest BCUT2D eigenvalue weighted by Gasteiger charge is 2.72. The molecular formula is C26H28N2O8. The average Bonchev–Trinajstić information content (AvgIpc) is 3.28. The first-order valence-electron chi connectivity index (χ1n) is 11.7. The number of aliphatic hydroxyl groups excluding tert-OH is 3. The molecule has 0 amide bonds. The smallest absolute Gasteiger partial charge is 0.330 e. The molecule has 2 aromatic carbocycles. The van der Waals surface area contributed by atoms with Crippen LogP contribution in [-0.4, -0.2) is 61.0 Å². The first kappa shape index (κ1) is 24.6. The highest BCUT2D eigenvalue weighted by molar-refractivity contribution is 5.22. The molecule has 0 bridgehead atoms. The molecule has 10 heteroatoms. The van der Waals surface area contributed by atoms with Crippen LogP contribution in [0.3, 0.4) is 0 Å². The van der Waals surface area contributed by atoms with Gasteiger partial charge in [0.15, 0.2) is 11.8 Å². The van der Waals surface area contributed by atoms with Crippen LogP contribution >= 0.6 is 0 Å². The van der Waals surface area contributed by atoms with Crippen LogP contribution in [0.1, 0.15) is 22.9 Å². The maximum atomic E-state index is 12.6. The first-order valence-corrected chi connectivity index (χ1v) is 11.7. The number of aromatic nitrogens is 2. The van der Waals surface area contributed by atoms with Gasteiger partial charge in [0.1, 0.15) is 30.5 Å². The molecular weight excluding hydrogens is 468 g/mol. The van der Waals surface area contributed by atoms with Gasteiger partial charge in [-0.05, 0) is 18.1 Å². The lowest BCUT2D eigenvalue weighted by molar-refractivity contribution is -0.184. The van der Waals surface area contributed by atoms with Crippen LogP contribution in [0.2, 0.25) is 0 Å². The Labute approximate surface area is 206 Å². The molecule has 1 aliphatic heterocycles. The average molecular weight is 497 g/mol.